The summed E-state index contributed by atoms with van der Waals surface area (Å²) < 4.78 is 33.0. The lowest BCUT2D eigenvalue weighted by molar-refractivity contribution is 0.0463. The van der Waals surface area contributed by atoms with Gasteiger partial charge in [0.05, 0.1) is 5.56 Å². The molecule has 0 atom stereocenters. The number of carbonyl (C=O) groups is 1. The largest absolute Gasteiger partial charge is 0.457 e. The molecule has 0 saturated carbocycles. The molecule has 0 aliphatic carbocycles. The van der Waals surface area contributed by atoms with Gasteiger partial charge in [-0.25, -0.2) is 13.6 Å². The van der Waals surface area contributed by atoms with Crippen molar-refractivity contribution in [1.29, 1.82) is 0 Å². The minimum Gasteiger partial charge on any atom is -0.457 e. The number of aryl methyl sites for hydroxylation is 1. The van der Waals surface area contributed by atoms with E-state index in [-0.39, 0.29) is 29.0 Å². The molecule has 0 amide bonds. The van der Waals surface area contributed by atoms with Crippen LogP contribution >= 0.6 is 15.9 Å². The number of hydrogen-bond donors (Lipinski definition) is 1. The van der Waals surface area contributed by atoms with E-state index in [0.29, 0.717) is 4.47 Å². The third kappa shape index (κ3) is 3.58. The van der Waals surface area contributed by atoms with Gasteiger partial charge in [0.1, 0.15) is 18.2 Å². The van der Waals surface area contributed by atoms with Crippen molar-refractivity contribution in [3.63, 3.8) is 0 Å². The predicted molar refractivity (Wildman–Crippen MR) is 78.8 cm³/mol. The second-order valence-corrected chi connectivity index (χ2v) is 5.43. The number of halogens is 3. The van der Waals surface area contributed by atoms with Gasteiger partial charge in [0, 0.05) is 15.7 Å². The first-order chi connectivity index (χ1) is 9.88. The third-order valence-corrected chi connectivity index (χ3v) is 3.36. The minimum atomic E-state index is -0.884. The van der Waals surface area contributed by atoms with Crippen LogP contribution in [0.25, 0.3) is 0 Å². The lowest BCUT2D eigenvalue weighted by atomic mass is 10.1. The van der Waals surface area contributed by atoms with E-state index in [9.17, 15) is 13.6 Å². The normalized spacial score (nSPS) is 10.5. The van der Waals surface area contributed by atoms with E-state index >= 15 is 0 Å². The second-order valence-electron chi connectivity index (χ2n) is 4.51. The van der Waals surface area contributed by atoms with Crippen LogP contribution < -0.4 is 5.73 Å². The van der Waals surface area contributed by atoms with Crippen molar-refractivity contribution >= 4 is 27.6 Å². The standard InChI is InChI=1S/C15H12BrF2NO2/c1-8-4-11(19)6-12(14(8)18)15(20)21-7-9-2-3-10(16)5-13(9)17/h2-6H,7,19H2,1H3. The molecule has 0 aliphatic heterocycles. The molecule has 0 fully saturated rings. The Bertz CT molecular complexity index is 704. The average molecular weight is 356 g/mol. The smallest absolute Gasteiger partial charge is 0.341 e. The topological polar surface area (TPSA) is 52.3 Å². The second kappa shape index (κ2) is 6.22. The lowest BCUT2D eigenvalue weighted by Gasteiger charge is -2.09. The van der Waals surface area contributed by atoms with Crippen molar-refractivity contribution in [2.45, 2.75) is 13.5 Å². The van der Waals surface area contributed by atoms with Crippen LogP contribution in [0.2, 0.25) is 0 Å². The first-order valence-electron chi connectivity index (χ1n) is 6.05. The fourth-order valence-corrected chi connectivity index (χ4v) is 2.14. The number of anilines is 1. The molecule has 21 heavy (non-hydrogen) atoms. The molecule has 0 bridgehead atoms. The molecule has 0 aliphatic rings. The molecular formula is C15H12BrF2NO2. The van der Waals surface area contributed by atoms with Gasteiger partial charge >= 0.3 is 5.97 Å². The maximum atomic E-state index is 13.9. The van der Waals surface area contributed by atoms with Crippen LogP contribution in [0.5, 0.6) is 0 Å². The van der Waals surface area contributed by atoms with Gasteiger partial charge in [-0.05, 0) is 36.8 Å². The molecular weight excluding hydrogens is 344 g/mol. The van der Waals surface area contributed by atoms with Gasteiger partial charge in [0.2, 0.25) is 0 Å². The highest BCUT2D eigenvalue weighted by Crippen LogP contribution is 2.20. The number of esters is 1. The van der Waals surface area contributed by atoms with Crippen LogP contribution in [-0.2, 0) is 11.3 Å². The van der Waals surface area contributed by atoms with Gasteiger partial charge in [0.15, 0.2) is 0 Å². The molecule has 0 spiro atoms. The SMILES string of the molecule is Cc1cc(N)cc(C(=O)OCc2ccc(Br)cc2F)c1F. The van der Waals surface area contributed by atoms with E-state index in [2.05, 4.69) is 15.9 Å². The zero-order valence-electron chi connectivity index (χ0n) is 11.1. The fourth-order valence-electron chi connectivity index (χ4n) is 1.81. The number of nitrogens with two attached hydrogens (primary N) is 1. The van der Waals surface area contributed by atoms with Crippen LogP contribution in [-0.4, -0.2) is 5.97 Å². The summed E-state index contributed by atoms with van der Waals surface area (Å²) in [5, 5.41) is 0. The number of nitrogen functional groups attached to an aromatic ring is 1. The average Bonchev–Trinajstić information content (AvgIpc) is 2.41. The van der Waals surface area contributed by atoms with Crippen molar-refractivity contribution in [2.24, 2.45) is 0 Å². The van der Waals surface area contributed by atoms with Crippen molar-refractivity contribution in [2.75, 3.05) is 5.73 Å². The number of carbonyl (C=O) groups excluding carboxylic acids is 1. The van der Waals surface area contributed by atoms with Crippen molar-refractivity contribution in [3.8, 4) is 0 Å². The van der Waals surface area contributed by atoms with E-state index in [1.807, 2.05) is 0 Å². The maximum absolute atomic E-state index is 13.9. The summed E-state index contributed by atoms with van der Waals surface area (Å²) in [6.07, 6.45) is 0. The number of rotatable bonds is 3. The molecule has 2 aromatic rings. The highest BCUT2D eigenvalue weighted by atomic mass is 79.9. The summed E-state index contributed by atoms with van der Waals surface area (Å²) in [5.41, 5.74) is 6.02. The highest BCUT2D eigenvalue weighted by molar-refractivity contribution is 9.10. The number of ether oxygens (including phenoxy) is 1. The Morgan fingerprint density at radius 3 is 2.67 bits per heavy atom. The zero-order valence-corrected chi connectivity index (χ0v) is 12.7. The van der Waals surface area contributed by atoms with Gasteiger partial charge in [-0.2, -0.15) is 0 Å². The van der Waals surface area contributed by atoms with Gasteiger partial charge in [-0.15, -0.1) is 0 Å². The molecule has 0 unspecified atom stereocenters. The Kier molecular flexibility index (Phi) is 4.57. The van der Waals surface area contributed by atoms with Gasteiger partial charge in [0.25, 0.3) is 0 Å². The summed E-state index contributed by atoms with van der Waals surface area (Å²) in [7, 11) is 0. The Hall–Kier alpha value is -1.95. The molecule has 0 heterocycles. The molecule has 2 N–H and O–H groups in total. The quantitative estimate of drug-likeness (QED) is 0.669. The summed E-state index contributed by atoms with van der Waals surface area (Å²) in [4.78, 5) is 11.9. The van der Waals surface area contributed by atoms with E-state index in [4.69, 9.17) is 10.5 Å². The molecule has 2 rings (SSSR count). The highest BCUT2D eigenvalue weighted by Gasteiger charge is 2.17. The van der Waals surface area contributed by atoms with E-state index in [1.54, 1.807) is 6.07 Å². The molecule has 2 aromatic carbocycles. The molecule has 3 nitrogen and oxygen atoms in total. The number of benzene rings is 2. The van der Waals surface area contributed by atoms with E-state index < -0.39 is 17.6 Å². The van der Waals surface area contributed by atoms with E-state index in [1.165, 1.54) is 31.2 Å². The number of hydrogen-bond acceptors (Lipinski definition) is 3. The van der Waals surface area contributed by atoms with Crippen LogP contribution in [0.4, 0.5) is 14.5 Å². The third-order valence-electron chi connectivity index (χ3n) is 2.87. The van der Waals surface area contributed by atoms with Gasteiger partial charge in [-0.1, -0.05) is 22.0 Å². The Labute approximate surface area is 128 Å². The summed E-state index contributed by atoms with van der Waals surface area (Å²) in [6.45, 7) is 1.21. The molecule has 0 saturated heterocycles. The molecule has 6 heteroatoms. The first-order valence-corrected chi connectivity index (χ1v) is 6.84. The minimum absolute atomic E-state index is 0.201. The molecule has 0 radical (unpaired) electrons. The van der Waals surface area contributed by atoms with Gasteiger partial charge in [-0.3, -0.25) is 0 Å². The van der Waals surface area contributed by atoms with Crippen molar-refractivity contribution < 1.29 is 18.3 Å². The summed E-state index contributed by atoms with van der Waals surface area (Å²) in [6, 6.07) is 6.97. The summed E-state index contributed by atoms with van der Waals surface area (Å²) in [5.74, 6) is -2.09. The van der Waals surface area contributed by atoms with E-state index in [0.717, 1.165) is 0 Å². The fraction of sp³-hybridized carbons (Fsp3) is 0.133. The Morgan fingerprint density at radius 2 is 2.00 bits per heavy atom. The van der Waals surface area contributed by atoms with Crippen LogP contribution in [0, 0.1) is 18.6 Å². The Morgan fingerprint density at radius 1 is 1.29 bits per heavy atom. The first kappa shape index (κ1) is 15.4. The van der Waals surface area contributed by atoms with Crippen molar-refractivity contribution in [1.82, 2.24) is 0 Å². The monoisotopic (exact) mass is 355 g/mol. The Balaban J connectivity index is 2.15. The van der Waals surface area contributed by atoms with Crippen LogP contribution in [0.15, 0.2) is 34.8 Å². The molecule has 110 valence electrons. The van der Waals surface area contributed by atoms with Gasteiger partial charge < -0.3 is 10.5 Å². The lowest BCUT2D eigenvalue weighted by Crippen LogP contribution is -2.10. The molecule has 0 aromatic heterocycles. The maximum Gasteiger partial charge on any atom is 0.341 e. The zero-order chi connectivity index (χ0) is 15.6. The van der Waals surface area contributed by atoms with Crippen LogP contribution in [0.3, 0.4) is 0 Å². The van der Waals surface area contributed by atoms with Crippen molar-refractivity contribution in [3.05, 3.63) is 63.1 Å². The summed E-state index contributed by atoms with van der Waals surface area (Å²) >= 11 is 3.13. The predicted octanol–water partition coefficient (Wildman–Crippen LogP) is 3.97. The van der Waals surface area contributed by atoms with Crippen LogP contribution in [0.1, 0.15) is 21.5 Å².